The highest BCUT2D eigenvalue weighted by molar-refractivity contribution is 7.89. The average molecular weight is 300 g/mol. The Morgan fingerprint density at radius 1 is 1.20 bits per heavy atom. The predicted molar refractivity (Wildman–Crippen MR) is 72.0 cm³/mol. The van der Waals surface area contributed by atoms with Gasteiger partial charge in [0.25, 0.3) is 0 Å². The molecule has 1 saturated heterocycles. The van der Waals surface area contributed by atoms with Crippen molar-refractivity contribution < 1.29 is 17.6 Å². The summed E-state index contributed by atoms with van der Waals surface area (Å²) in [5, 5.41) is 0. The van der Waals surface area contributed by atoms with Crippen molar-refractivity contribution in [2.75, 3.05) is 26.2 Å². The molecule has 1 heterocycles. The largest absolute Gasteiger partial charge is 0.340 e. The van der Waals surface area contributed by atoms with E-state index in [2.05, 4.69) is 0 Å². The number of benzene rings is 1. The summed E-state index contributed by atoms with van der Waals surface area (Å²) in [6.07, 6.45) is 0.403. The number of rotatable bonds is 3. The molecule has 1 aromatic rings. The van der Waals surface area contributed by atoms with Gasteiger partial charge in [0, 0.05) is 32.6 Å². The minimum absolute atomic E-state index is 0.00735. The SMILES string of the molecule is CCC(=O)N1CCN(S(=O)(=O)c2ccccc2F)CC1. The molecule has 1 aromatic carbocycles. The molecule has 0 radical (unpaired) electrons. The molecular weight excluding hydrogens is 283 g/mol. The normalized spacial score (nSPS) is 17.2. The Morgan fingerprint density at radius 3 is 2.35 bits per heavy atom. The fourth-order valence-electron chi connectivity index (χ4n) is 2.19. The summed E-state index contributed by atoms with van der Waals surface area (Å²) in [7, 11) is -3.83. The second kappa shape index (κ2) is 5.88. The fourth-order valence-corrected chi connectivity index (χ4v) is 3.68. The number of halogens is 1. The van der Waals surface area contributed by atoms with Gasteiger partial charge >= 0.3 is 0 Å². The molecule has 1 aliphatic rings. The van der Waals surface area contributed by atoms with Crippen molar-refractivity contribution in [2.24, 2.45) is 0 Å². The molecule has 1 aliphatic heterocycles. The molecule has 1 amide bonds. The summed E-state index contributed by atoms with van der Waals surface area (Å²) in [4.78, 5) is 12.9. The standard InChI is InChI=1S/C13H17FN2O3S/c1-2-13(17)15-7-9-16(10-8-15)20(18,19)12-6-4-3-5-11(12)14/h3-6H,2,7-10H2,1H3. The van der Waals surface area contributed by atoms with Crippen molar-refractivity contribution in [2.45, 2.75) is 18.2 Å². The first-order valence-corrected chi connectivity index (χ1v) is 7.93. The van der Waals surface area contributed by atoms with Crippen molar-refractivity contribution in [3.8, 4) is 0 Å². The van der Waals surface area contributed by atoms with Crippen molar-refractivity contribution in [1.29, 1.82) is 0 Å². The summed E-state index contributed by atoms with van der Waals surface area (Å²) in [6.45, 7) is 2.86. The number of nitrogens with zero attached hydrogens (tertiary/aromatic N) is 2. The van der Waals surface area contributed by atoms with Crippen LogP contribution in [-0.4, -0.2) is 49.7 Å². The van der Waals surface area contributed by atoms with E-state index in [0.29, 0.717) is 19.5 Å². The Kier molecular flexibility index (Phi) is 4.39. The topological polar surface area (TPSA) is 57.7 Å². The third kappa shape index (κ3) is 2.83. The number of carbonyl (C=O) groups is 1. The minimum Gasteiger partial charge on any atom is -0.340 e. The summed E-state index contributed by atoms with van der Waals surface area (Å²) in [6, 6.07) is 5.33. The van der Waals surface area contributed by atoms with Gasteiger partial charge in [0.2, 0.25) is 15.9 Å². The van der Waals surface area contributed by atoms with Crippen LogP contribution < -0.4 is 0 Å². The highest BCUT2D eigenvalue weighted by Gasteiger charge is 2.31. The van der Waals surface area contributed by atoms with Gasteiger partial charge in [0.15, 0.2) is 0 Å². The highest BCUT2D eigenvalue weighted by Crippen LogP contribution is 2.20. The lowest BCUT2D eigenvalue weighted by molar-refractivity contribution is -0.132. The van der Waals surface area contributed by atoms with Crippen LogP contribution in [0, 0.1) is 5.82 Å². The molecule has 0 spiro atoms. The van der Waals surface area contributed by atoms with E-state index in [1.54, 1.807) is 11.8 Å². The Hall–Kier alpha value is -1.47. The van der Waals surface area contributed by atoms with E-state index in [4.69, 9.17) is 0 Å². The zero-order valence-corrected chi connectivity index (χ0v) is 12.1. The monoisotopic (exact) mass is 300 g/mol. The molecule has 0 unspecified atom stereocenters. The van der Waals surface area contributed by atoms with E-state index in [1.807, 2.05) is 0 Å². The van der Waals surface area contributed by atoms with Crippen LogP contribution in [-0.2, 0) is 14.8 Å². The lowest BCUT2D eigenvalue weighted by atomic mass is 10.3. The van der Waals surface area contributed by atoms with Crippen LogP contribution in [0.15, 0.2) is 29.2 Å². The smallest absolute Gasteiger partial charge is 0.246 e. The zero-order chi connectivity index (χ0) is 14.8. The third-order valence-electron chi connectivity index (χ3n) is 3.35. The molecule has 0 N–H and O–H groups in total. The first kappa shape index (κ1) is 14.9. The summed E-state index contributed by atoms with van der Waals surface area (Å²) >= 11 is 0. The molecule has 7 heteroatoms. The number of amides is 1. The maximum atomic E-state index is 13.6. The van der Waals surface area contributed by atoms with Gasteiger partial charge in [-0.05, 0) is 12.1 Å². The molecule has 2 rings (SSSR count). The van der Waals surface area contributed by atoms with Gasteiger partial charge in [-0.2, -0.15) is 4.31 Å². The first-order chi connectivity index (χ1) is 9.46. The Morgan fingerprint density at radius 2 is 1.80 bits per heavy atom. The molecule has 5 nitrogen and oxygen atoms in total. The zero-order valence-electron chi connectivity index (χ0n) is 11.3. The molecule has 110 valence electrons. The molecule has 0 bridgehead atoms. The van der Waals surface area contributed by atoms with E-state index in [9.17, 15) is 17.6 Å². The minimum atomic E-state index is -3.83. The van der Waals surface area contributed by atoms with Gasteiger partial charge in [-0.25, -0.2) is 12.8 Å². The Balaban J connectivity index is 2.14. The lowest BCUT2D eigenvalue weighted by Crippen LogP contribution is -2.50. The Bertz CT molecular complexity index is 595. The maximum Gasteiger partial charge on any atom is 0.246 e. The van der Waals surface area contributed by atoms with Gasteiger partial charge in [-0.15, -0.1) is 0 Å². The van der Waals surface area contributed by atoms with E-state index in [0.717, 1.165) is 6.07 Å². The van der Waals surface area contributed by atoms with Crippen LogP contribution in [0.5, 0.6) is 0 Å². The van der Waals surface area contributed by atoms with E-state index >= 15 is 0 Å². The average Bonchev–Trinajstić information content (AvgIpc) is 2.47. The third-order valence-corrected chi connectivity index (χ3v) is 5.28. The Labute approximate surface area is 118 Å². The van der Waals surface area contributed by atoms with E-state index in [-0.39, 0.29) is 23.9 Å². The molecule has 1 fully saturated rings. The van der Waals surface area contributed by atoms with Crippen molar-refractivity contribution >= 4 is 15.9 Å². The summed E-state index contributed by atoms with van der Waals surface area (Å²) < 4.78 is 39.5. The predicted octanol–water partition coefficient (Wildman–Crippen LogP) is 1.07. The van der Waals surface area contributed by atoms with Crippen molar-refractivity contribution in [1.82, 2.24) is 9.21 Å². The summed E-state index contributed by atoms with van der Waals surface area (Å²) in [5.41, 5.74) is 0. The molecule has 0 atom stereocenters. The molecule has 0 aromatic heterocycles. The van der Waals surface area contributed by atoms with Crippen LogP contribution in [0.2, 0.25) is 0 Å². The number of hydrogen-bond donors (Lipinski definition) is 0. The van der Waals surface area contributed by atoms with Crippen LogP contribution in [0.1, 0.15) is 13.3 Å². The maximum absolute atomic E-state index is 13.6. The van der Waals surface area contributed by atoms with Gasteiger partial charge < -0.3 is 4.90 Å². The van der Waals surface area contributed by atoms with Crippen LogP contribution in [0.4, 0.5) is 4.39 Å². The number of carbonyl (C=O) groups excluding carboxylic acids is 1. The van der Waals surface area contributed by atoms with Gasteiger partial charge in [0.1, 0.15) is 10.7 Å². The van der Waals surface area contributed by atoms with Crippen molar-refractivity contribution in [3.63, 3.8) is 0 Å². The van der Waals surface area contributed by atoms with Gasteiger partial charge in [0.05, 0.1) is 0 Å². The van der Waals surface area contributed by atoms with E-state index in [1.165, 1.54) is 22.5 Å². The molecule has 20 heavy (non-hydrogen) atoms. The number of sulfonamides is 1. The fraction of sp³-hybridized carbons (Fsp3) is 0.462. The highest BCUT2D eigenvalue weighted by atomic mass is 32.2. The number of piperazine rings is 1. The van der Waals surface area contributed by atoms with Crippen LogP contribution >= 0.6 is 0 Å². The first-order valence-electron chi connectivity index (χ1n) is 6.49. The number of hydrogen-bond acceptors (Lipinski definition) is 3. The second-order valence-corrected chi connectivity index (χ2v) is 6.48. The van der Waals surface area contributed by atoms with E-state index < -0.39 is 15.8 Å². The molecule has 0 aliphatic carbocycles. The van der Waals surface area contributed by atoms with Crippen LogP contribution in [0.25, 0.3) is 0 Å². The van der Waals surface area contributed by atoms with Crippen molar-refractivity contribution in [3.05, 3.63) is 30.1 Å². The second-order valence-electron chi connectivity index (χ2n) is 4.57. The summed E-state index contributed by atoms with van der Waals surface area (Å²) in [5.74, 6) is -0.743. The molecular formula is C13H17FN2O3S. The van der Waals surface area contributed by atoms with Gasteiger partial charge in [-0.3, -0.25) is 4.79 Å². The van der Waals surface area contributed by atoms with Gasteiger partial charge in [-0.1, -0.05) is 19.1 Å². The quantitative estimate of drug-likeness (QED) is 0.839. The molecule has 0 saturated carbocycles. The lowest BCUT2D eigenvalue weighted by Gasteiger charge is -2.33. The van der Waals surface area contributed by atoms with Crippen LogP contribution in [0.3, 0.4) is 0 Å².